The Morgan fingerprint density at radius 1 is 1.08 bits per heavy atom. The third-order valence-electron chi connectivity index (χ3n) is 4.44. The Balaban J connectivity index is 2.01. The van der Waals surface area contributed by atoms with Gasteiger partial charge in [-0.1, -0.05) is 34.1 Å². The lowest BCUT2D eigenvalue weighted by molar-refractivity contribution is -0.142. The monoisotopic (exact) mass is 414 g/mol. The van der Waals surface area contributed by atoms with Crippen molar-refractivity contribution in [3.8, 4) is 11.5 Å². The zero-order valence-corrected chi connectivity index (χ0v) is 16.9. The number of carbonyl (C=O) groups excluding carboxylic acids is 1. The van der Waals surface area contributed by atoms with E-state index in [2.05, 4.69) is 15.9 Å². The predicted molar refractivity (Wildman–Crippen MR) is 108 cm³/mol. The Morgan fingerprint density at radius 2 is 1.77 bits per heavy atom. The first-order valence-corrected chi connectivity index (χ1v) is 9.58. The predicted octanol–water partition coefficient (Wildman–Crippen LogP) is 5.83. The number of hydrogen-bond acceptors (Lipinski definition) is 3. The SMILES string of the molecule is CC(C)(C)C(=O)Oc1ccc2c(c1)CCCC(Br)=C2c1ccc(O)cc1. The number of allylic oxidation sites excluding steroid dienone is 1. The number of aromatic hydroxyl groups is 1. The fourth-order valence-corrected chi connectivity index (χ4v) is 3.71. The molecule has 0 radical (unpaired) electrons. The van der Waals surface area contributed by atoms with Crippen molar-refractivity contribution in [3.05, 3.63) is 63.6 Å². The third-order valence-corrected chi connectivity index (χ3v) is 5.23. The van der Waals surface area contributed by atoms with Gasteiger partial charge in [0.15, 0.2) is 0 Å². The summed E-state index contributed by atoms with van der Waals surface area (Å²) in [5.41, 5.74) is 3.95. The number of fused-ring (bicyclic) bond motifs is 1. The Kier molecular flexibility index (Phi) is 5.24. The minimum absolute atomic E-state index is 0.235. The molecule has 1 N–H and O–H groups in total. The van der Waals surface area contributed by atoms with Gasteiger partial charge in [0.25, 0.3) is 0 Å². The molecule has 2 aromatic rings. The molecule has 0 aromatic heterocycles. The molecule has 26 heavy (non-hydrogen) atoms. The molecular weight excluding hydrogens is 392 g/mol. The number of ether oxygens (including phenoxy) is 1. The molecule has 0 heterocycles. The second kappa shape index (κ2) is 7.28. The van der Waals surface area contributed by atoms with E-state index in [0.717, 1.165) is 40.4 Å². The molecule has 0 saturated carbocycles. The van der Waals surface area contributed by atoms with E-state index in [-0.39, 0.29) is 11.7 Å². The van der Waals surface area contributed by atoms with Crippen LogP contribution < -0.4 is 4.74 Å². The molecule has 0 amide bonds. The van der Waals surface area contributed by atoms with E-state index in [1.54, 1.807) is 12.1 Å². The smallest absolute Gasteiger partial charge is 0.316 e. The van der Waals surface area contributed by atoms with Gasteiger partial charge in [0.1, 0.15) is 11.5 Å². The molecule has 1 aliphatic rings. The van der Waals surface area contributed by atoms with Crippen molar-refractivity contribution in [3.63, 3.8) is 0 Å². The van der Waals surface area contributed by atoms with E-state index in [0.29, 0.717) is 5.75 Å². The highest BCUT2D eigenvalue weighted by Crippen LogP contribution is 2.39. The second-order valence-electron chi connectivity index (χ2n) is 7.64. The van der Waals surface area contributed by atoms with Crippen LogP contribution in [0, 0.1) is 5.41 Å². The number of benzene rings is 2. The molecule has 0 atom stereocenters. The lowest BCUT2D eigenvalue weighted by atomic mass is 9.93. The molecule has 1 aliphatic carbocycles. The molecule has 3 rings (SSSR count). The van der Waals surface area contributed by atoms with Crippen LogP contribution in [0.4, 0.5) is 0 Å². The fraction of sp³-hybridized carbons (Fsp3) is 0.318. The van der Waals surface area contributed by atoms with Crippen LogP contribution in [0.15, 0.2) is 46.9 Å². The van der Waals surface area contributed by atoms with Crippen LogP contribution in [-0.4, -0.2) is 11.1 Å². The van der Waals surface area contributed by atoms with E-state index < -0.39 is 5.41 Å². The number of esters is 1. The molecule has 0 fully saturated rings. The van der Waals surface area contributed by atoms with Crippen LogP contribution in [0.25, 0.3) is 5.57 Å². The maximum atomic E-state index is 12.2. The van der Waals surface area contributed by atoms with Gasteiger partial charge in [0, 0.05) is 4.48 Å². The van der Waals surface area contributed by atoms with Crippen LogP contribution >= 0.6 is 15.9 Å². The molecule has 0 unspecified atom stereocenters. The Morgan fingerprint density at radius 3 is 2.42 bits per heavy atom. The van der Waals surface area contributed by atoms with Gasteiger partial charge in [-0.05, 0) is 86.6 Å². The normalized spacial score (nSPS) is 14.6. The van der Waals surface area contributed by atoms with E-state index in [9.17, 15) is 9.90 Å². The minimum Gasteiger partial charge on any atom is -0.508 e. The average Bonchev–Trinajstić information content (AvgIpc) is 2.73. The van der Waals surface area contributed by atoms with Crippen molar-refractivity contribution in [2.75, 3.05) is 0 Å². The van der Waals surface area contributed by atoms with Crippen molar-refractivity contribution in [2.45, 2.75) is 40.0 Å². The maximum Gasteiger partial charge on any atom is 0.316 e. The first-order valence-electron chi connectivity index (χ1n) is 8.79. The average molecular weight is 415 g/mol. The molecule has 0 bridgehead atoms. The third kappa shape index (κ3) is 4.01. The summed E-state index contributed by atoms with van der Waals surface area (Å²) in [6, 6.07) is 13.1. The van der Waals surface area contributed by atoms with E-state index in [4.69, 9.17) is 4.74 Å². The number of rotatable bonds is 2. The van der Waals surface area contributed by atoms with Gasteiger partial charge in [-0.2, -0.15) is 0 Å². The molecule has 136 valence electrons. The van der Waals surface area contributed by atoms with Gasteiger partial charge >= 0.3 is 5.97 Å². The zero-order valence-electron chi connectivity index (χ0n) is 15.3. The summed E-state index contributed by atoms with van der Waals surface area (Å²) in [6.07, 6.45) is 2.89. The Labute approximate surface area is 162 Å². The van der Waals surface area contributed by atoms with Crippen molar-refractivity contribution in [1.82, 2.24) is 0 Å². The summed E-state index contributed by atoms with van der Waals surface area (Å²) in [7, 11) is 0. The highest BCUT2D eigenvalue weighted by molar-refractivity contribution is 9.11. The van der Waals surface area contributed by atoms with E-state index in [1.165, 1.54) is 5.56 Å². The van der Waals surface area contributed by atoms with Crippen LogP contribution in [0.2, 0.25) is 0 Å². The first-order chi connectivity index (χ1) is 12.3. The van der Waals surface area contributed by atoms with Crippen molar-refractivity contribution < 1.29 is 14.6 Å². The molecule has 3 nitrogen and oxygen atoms in total. The van der Waals surface area contributed by atoms with E-state index in [1.807, 2.05) is 51.1 Å². The maximum absolute atomic E-state index is 12.2. The summed E-state index contributed by atoms with van der Waals surface area (Å²) >= 11 is 3.75. The molecule has 0 saturated heterocycles. The van der Waals surface area contributed by atoms with Gasteiger partial charge in [0.05, 0.1) is 5.41 Å². The minimum atomic E-state index is -0.535. The molecular formula is C22H23BrO3. The first kappa shape index (κ1) is 18.7. The van der Waals surface area contributed by atoms with Crippen molar-refractivity contribution in [2.24, 2.45) is 5.41 Å². The van der Waals surface area contributed by atoms with Crippen LogP contribution in [-0.2, 0) is 11.2 Å². The fourth-order valence-electron chi connectivity index (χ4n) is 2.99. The quantitative estimate of drug-likeness (QED) is 0.496. The Bertz CT molecular complexity index is 858. The van der Waals surface area contributed by atoms with Crippen molar-refractivity contribution >= 4 is 27.5 Å². The van der Waals surface area contributed by atoms with Crippen LogP contribution in [0.1, 0.15) is 50.3 Å². The van der Waals surface area contributed by atoms with Gasteiger partial charge < -0.3 is 9.84 Å². The number of phenolic OH excluding ortho intramolecular Hbond substituents is 1. The highest BCUT2D eigenvalue weighted by Gasteiger charge is 2.24. The lowest BCUT2D eigenvalue weighted by Crippen LogP contribution is -2.25. The summed E-state index contributed by atoms with van der Waals surface area (Å²) in [5, 5.41) is 9.58. The number of phenols is 1. The summed E-state index contributed by atoms with van der Waals surface area (Å²) in [4.78, 5) is 12.2. The number of halogens is 1. The van der Waals surface area contributed by atoms with Gasteiger partial charge in [-0.25, -0.2) is 0 Å². The molecule has 2 aromatic carbocycles. The number of carbonyl (C=O) groups is 1. The number of hydrogen-bond donors (Lipinski definition) is 1. The zero-order chi connectivity index (χ0) is 18.9. The van der Waals surface area contributed by atoms with Gasteiger partial charge in [-0.15, -0.1) is 0 Å². The highest BCUT2D eigenvalue weighted by atomic mass is 79.9. The largest absolute Gasteiger partial charge is 0.508 e. The Hall–Kier alpha value is -2.07. The number of aryl methyl sites for hydroxylation is 1. The van der Waals surface area contributed by atoms with E-state index >= 15 is 0 Å². The van der Waals surface area contributed by atoms with Gasteiger partial charge in [-0.3, -0.25) is 4.79 Å². The summed E-state index contributed by atoms with van der Waals surface area (Å²) < 4.78 is 6.72. The second-order valence-corrected chi connectivity index (χ2v) is 8.60. The van der Waals surface area contributed by atoms with Crippen molar-refractivity contribution in [1.29, 1.82) is 0 Å². The standard InChI is InChI=1S/C22H23BrO3/c1-22(2,3)21(25)26-17-11-12-18-15(13-17)5-4-6-19(23)20(18)14-7-9-16(24)10-8-14/h7-13,24H,4-6H2,1-3H3. The molecule has 0 aliphatic heterocycles. The summed E-state index contributed by atoms with van der Waals surface area (Å²) in [5.74, 6) is 0.608. The van der Waals surface area contributed by atoms with Gasteiger partial charge in [0.2, 0.25) is 0 Å². The van der Waals surface area contributed by atoms with Crippen LogP contribution in [0.3, 0.4) is 0 Å². The van der Waals surface area contributed by atoms with Crippen LogP contribution in [0.5, 0.6) is 11.5 Å². The molecule has 0 spiro atoms. The molecule has 4 heteroatoms. The summed E-state index contributed by atoms with van der Waals surface area (Å²) in [6.45, 7) is 5.55. The lowest BCUT2D eigenvalue weighted by Gasteiger charge is -2.18. The topological polar surface area (TPSA) is 46.5 Å².